The number of hydrogen-bond acceptors (Lipinski definition) is 6. The minimum absolute atomic E-state index is 0.0284. The van der Waals surface area contributed by atoms with Gasteiger partial charge in [-0.25, -0.2) is 13.9 Å². The van der Waals surface area contributed by atoms with E-state index in [2.05, 4.69) is 43.4 Å². The van der Waals surface area contributed by atoms with Crippen molar-refractivity contribution < 1.29 is 28.2 Å². The zero-order valence-electron chi connectivity index (χ0n) is 30.2. The molecule has 2 heterocycles. The van der Waals surface area contributed by atoms with E-state index in [0.29, 0.717) is 19.3 Å². The predicted octanol–water partition coefficient (Wildman–Crippen LogP) is 8.38. The number of aliphatic hydroxyl groups excluding tert-OH is 1. The molecule has 8 atom stereocenters. The van der Waals surface area contributed by atoms with Crippen LogP contribution in [0.3, 0.4) is 0 Å². The number of carbonyl (C=O) groups is 2. The standard InChI is InChI=1S/C44H44FN3O5/c1-26(32-11-6-9-27-8-4-5-10-33(27)32)47-41(51)44(53-40(50)38-12-7-21-52-38)20-19-35-34-18-13-29-22-36-28(25-46-48(36)31-16-14-30(45)15-17-31)23-42(29,2)39(34)37(49)24-43(35,44)3/h4-12,14-17,21-22,25-26,34-35,37,39,49H,13,18-20,23-24H2,1-3H3,(H,47,51)/t26-,34?,35?,37-,39?,42?,43?,44-/m0/s1. The van der Waals surface area contributed by atoms with Crippen LogP contribution in [0.2, 0.25) is 0 Å². The molecule has 0 saturated heterocycles. The van der Waals surface area contributed by atoms with Crippen LogP contribution >= 0.6 is 0 Å². The van der Waals surface area contributed by atoms with Gasteiger partial charge in [0.1, 0.15) is 5.82 Å². The maximum absolute atomic E-state index is 14.9. The molecule has 2 N–H and O–H groups in total. The number of allylic oxidation sites excluding steroid dienone is 1. The molecular weight excluding hydrogens is 669 g/mol. The van der Waals surface area contributed by atoms with Crippen LogP contribution in [0, 0.1) is 34.4 Å². The second kappa shape index (κ2) is 12.3. The van der Waals surface area contributed by atoms with Gasteiger partial charge in [0.2, 0.25) is 5.76 Å². The van der Waals surface area contributed by atoms with E-state index in [4.69, 9.17) is 14.3 Å². The van der Waals surface area contributed by atoms with E-state index in [1.54, 1.807) is 24.3 Å². The highest BCUT2D eigenvalue weighted by Crippen LogP contribution is 2.68. The first kappa shape index (κ1) is 33.8. The van der Waals surface area contributed by atoms with Crippen LogP contribution in [0.5, 0.6) is 0 Å². The van der Waals surface area contributed by atoms with Crippen LogP contribution in [0.1, 0.15) is 86.3 Å². The summed E-state index contributed by atoms with van der Waals surface area (Å²) in [5.41, 5.74) is 2.46. The summed E-state index contributed by atoms with van der Waals surface area (Å²) in [5, 5.41) is 22.5. The lowest BCUT2D eigenvalue weighted by atomic mass is 9.45. The molecule has 3 saturated carbocycles. The van der Waals surface area contributed by atoms with Gasteiger partial charge in [0, 0.05) is 5.41 Å². The fourth-order valence-electron chi connectivity index (χ4n) is 11.2. The zero-order chi connectivity index (χ0) is 36.7. The average molecular weight is 714 g/mol. The third kappa shape index (κ3) is 5.07. The van der Waals surface area contributed by atoms with Gasteiger partial charge < -0.3 is 19.6 Å². The van der Waals surface area contributed by atoms with Crippen molar-refractivity contribution in [3.05, 3.63) is 125 Å². The topological polar surface area (TPSA) is 107 Å². The highest BCUT2D eigenvalue weighted by molar-refractivity contribution is 5.94. The van der Waals surface area contributed by atoms with Gasteiger partial charge in [-0.1, -0.05) is 61.9 Å². The van der Waals surface area contributed by atoms with Gasteiger partial charge in [-0.3, -0.25) is 4.79 Å². The molecule has 3 aromatic carbocycles. The maximum Gasteiger partial charge on any atom is 0.375 e. The molecule has 0 bridgehead atoms. The highest BCUT2D eigenvalue weighted by atomic mass is 19.1. The van der Waals surface area contributed by atoms with Crippen LogP contribution < -0.4 is 5.32 Å². The second-order valence-corrected chi connectivity index (χ2v) is 16.2. The summed E-state index contributed by atoms with van der Waals surface area (Å²) in [4.78, 5) is 28.7. The van der Waals surface area contributed by atoms with E-state index < -0.39 is 23.1 Å². The molecule has 2 aromatic heterocycles. The molecule has 272 valence electrons. The van der Waals surface area contributed by atoms with Crippen molar-refractivity contribution >= 4 is 28.7 Å². The zero-order valence-corrected chi connectivity index (χ0v) is 30.2. The number of benzene rings is 3. The van der Waals surface area contributed by atoms with E-state index >= 15 is 0 Å². The molecule has 0 aliphatic heterocycles. The number of furan rings is 1. The number of ether oxygens (including phenoxy) is 1. The Kier molecular flexibility index (Phi) is 7.82. The quantitative estimate of drug-likeness (QED) is 0.171. The molecule has 9 rings (SSSR count). The van der Waals surface area contributed by atoms with Crippen molar-refractivity contribution in [2.24, 2.45) is 28.6 Å². The number of carbonyl (C=O) groups excluding carboxylic acids is 2. The molecule has 4 aliphatic rings. The van der Waals surface area contributed by atoms with Crippen LogP contribution in [0.25, 0.3) is 22.5 Å². The van der Waals surface area contributed by atoms with Crippen molar-refractivity contribution in [3.8, 4) is 5.69 Å². The van der Waals surface area contributed by atoms with E-state index in [-0.39, 0.29) is 46.7 Å². The Hall–Kier alpha value is -5.02. The summed E-state index contributed by atoms with van der Waals surface area (Å²) in [6, 6.07) is 23.4. The molecular formula is C44H44FN3O5. The summed E-state index contributed by atoms with van der Waals surface area (Å²) in [5.74, 6) is -1.20. The summed E-state index contributed by atoms with van der Waals surface area (Å²) >= 11 is 0. The lowest BCUT2D eigenvalue weighted by molar-refractivity contribution is -0.182. The van der Waals surface area contributed by atoms with E-state index in [1.165, 1.54) is 24.0 Å². The van der Waals surface area contributed by atoms with Crippen molar-refractivity contribution in [3.63, 3.8) is 0 Å². The summed E-state index contributed by atoms with van der Waals surface area (Å²) in [6.07, 6.45) is 8.57. The number of aromatic nitrogens is 2. The van der Waals surface area contributed by atoms with Crippen molar-refractivity contribution in [2.45, 2.75) is 77.0 Å². The molecule has 9 heteroatoms. The van der Waals surface area contributed by atoms with E-state index in [9.17, 15) is 19.1 Å². The summed E-state index contributed by atoms with van der Waals surface area (Å²) in [7, 11) is 0. The van der Waals surface area contributed by atoms with Gasteiger partial charge in [-0.15, -0.1) is 0 Å². The predicted molar refractivity (Wildman–Crippen MR) is 198 cm³/mol. The Labute approximate surface area is 308 Å². The normalized spacial score (nSPS) is 30.7. The molecule has 8 nitrogen and oxygen atoms in total. The van der Waals surface area contributed by atoms with Gasteiger partial charge in [-0.2, -0.15) is 5.10 Å². The van der Waals surface area contributed by atoms with Crippen molar-refractivity contribution in [1.29, 1.82) is 0 Å². The first-order valence-corrected chi connectivity index (χ1v) is 18.8. The number of rotatable bonds is 6. The second-order valence-electron chi connectivity index (χ2n) is 16.2. The van der Waals surface area contributed by atoms with Crippen LogP contribution in [-0.4, -0.2) is 38.5 Å². The van der Waals surface area contributed by atoms with Gasteiger partial charge in [0.05, 0.1) is 36.0 Å². The summed E-state index contributed by atoms with van der Waals surface area (Å²) < 4.78 is 27.5. The fourth-order valence-corrected chi connectivity index (χ4v) is 11.2. The lowest BCUT2D eigenvalue weighted by Crippen LogP contribution is -2.64. The molecule has 5 aromatic rings. The summed E-state index contributed by atoms with van der Waals surface area (Å²) in [6.45, 7) is 6.30. The van der Waals surface area contributed by atoms with Gasteiger partial charge >= 0.3 is 5.97 Å². The van der Waals surface area contributed by atoms with E-state index in [1.807, 2.05) is 42.1 Å². The van der Waals surface area contributed by atoms with Gasteiger partial charge in [-0.05, 0) is 133 Å². The first-order valence-electron chi connectivity index (χ1n) is 18.8. The van der Waals surface area contributed by atoms with Crippen molar-refractivity contribution in [1.82, 2.24) is 15.1 Å². The number of esters is 1. The Morgan fingerprint density at radius 1 is 1.04 bits per heavy atom. The highest BCUT2D eigenvalue weighted by Gasteiger charge is 2.71. The van der Waals surface area contributed by atoms with Gasteiger partial charge in [0.15, 0.2) is 5.60 Å². The monoisotopic (exact) mass is 713 g/mol. The molecule has 0 spiro atoms. The largest absolute Gasteiger partial charge is 0.457 e. The molecule has 5 unspecified atom stereocenters. The Morgan fingerprint density at radius 3 is 2.62 bits per heavy atom. The molecule has 1 amide bonds. The van der Waals surface area contributed by atoms with Gasteiger partial charge in [0.25, 0.3) is 5.91 Å². The number of amides is 1. The average Bonchev–Trinajstić information content (AvgIpc) is 3.89. The number of aliphatic hydroxyl groups is 1. The number of nitrogens with one attached hydrogen (secondary N) is 1. The molecule has 3 fully saturated rings. The maximum atomic E-state index is 14.9. The van der Waals surface area contributed by atoms with Crippen molar-refractivity contribution in [2.75, 3.05) is 0 Å². The van der Waals surface area contributed by atoms with Crippen LogP contribution in [-0.2, 0) is 16.0 Å². The first-order chi connectivity index (χ1) is 25.5. The third-order valence-corrected chi connectivity index (χ3v) is 13.6. The number of halogens is 1. The number of fused-ring (bicyclic) bond motifs is 7. The molecule has 0 radical (unpaired) electrons. The molecule has 53 heavy (non-hydrogen) atoms. The number of hydrogen-bond donors (Lipinski definition) is 2. The minimum Gasteiger partial charge on any atom is -0.457 e. The Balaban J connectivity index is 1.05. The smallest absolute Gasteiger partial charge is 0.375 e. The van der Waals surface area contributed by atoms with E-state index in [0.717, 1.165) is 52.5 Å². The third-order valence-electron chi connectivity index (χ3n) is 13.6. The fraction of sp³-hybridized carbons (Fsp3) is 0.386. The minimum atomic E-state index is -1.53. The Morgan fingerprint density at radius 2 is 1.83 bits per heavy atom. The Bertz CT molecular complexity index is 2260. The molecule has 4 aliphatic carbocycles. The van der Waals surface area contributed by atoms with Crippen LogP contribution in [0.4, 0.5) is 4.39 Å². The van der Waals surface area contributed by atoms with Crippen LogP contribution in [0.15, 0.2) is 101 Å². The SMILES string of the molecule is C[C@H](NC(=O)[C@@]1(OC(=O)c2ccco2)CCC2C3CCC4=Cc5c(cnn5-c5ccc(F)cc5)CC4(C)C3[C@@H](O)CC21C)c1cccc2ccccc12. The lowest BCUT2D eigenvalue weighted by Gasteiger charge is -2.60. The number of nitrogens with zero attached hydrogens (tertiary/aromatic N) is 2.